The van der Waals surface area contributed by atoms with Crippen molar-refractivity contribution in [2.24, 2.45) is 5.92 Å². The van der Waals surface area contributed by atoms with E-state index in [1.807, 2.05) is 0 Å². The number of halogens is 1. The molecule has 0 unspecified atom stereocenters. The number of carbonyl (C=O) groups excluding carboxylic acids is 3. The highest BCUT2D eigenvalue weighted by atomic mass is 35.5. The molecule has 1 aromatic rings. The molecule has 0 spiro atoms. The van der Waals surface area contributed by atoms with Gasteiger partial charge in [0, 0.05) is 22.6 Å². The van der Waals surface area contributed by atoms with Crippen LogP contribution in [0.1, 0.15) is 30.6 Å². The summed E-state index contributed by atoms with van der Waals surface area (Å²) in [4.78, 5) is 35.5. The molecule has 0 aliphatic carbocycles. The summed E-state index contributed by atoms with van der Waals surface area (Å²) in [5.74, 6) is -2.17. The zero-order valence-electron chi connectivity index (χ0n) is 12.0. The first-order valence-corrected chi connectivity index (χ1v) is 6.89. The number of benzene rings is 1. The zero-order chi connectivity index (χ0) is 16.0. The summed E-state index contributed by atoms with van der Waals surface area (Å²) in [7, 11) is 0. The van der Waals surface area contributed by atoms with Gasteiger partial charge in [0.15, 0.2) is 11.6 Å². The van der Waals surface area contributed by atoms with Crippen LogP contribution in [-0.2, 0) is 14.3 Å². The van der Waals surface area contributed by atoms with Crippen LogP contribution >= 0.6 is 11.6 Å². The third-order valence-electron chi connectivity index (χ3n) is 3.00. The van der Waals surface area contributed by atoms with Crippen LogP contribution < -0.4 is 0 Å². The molecule has 0 heterocycles. The van der Waals surface area contributed by atoms with Gasteiger partial charge in [0.2, 0.25) is 0 Å². The predicted molar refractivity (Wildman–Crippen MR) is 80.3 cm³/mol. The number of Topliss-reactive ketones (excluding diaryl/α,β-unsaturated/α-hetero) is 2. The van der Waals surface area contributed by atoms with Gasteiger partial charge in [-0.25, -0.2) is 0 Å². The molecule has 1 aromatic carbocycles. The predicted octanol–water partition coefficient (Wildman–Crippen LogP) is 3.24. The van der Waals surface area contributed by atoms with Crippen molar-refractivity contribution in [1.82, 2.24) is 0 Å². The van der Waals surface area contributed by atoms with Gasteiger partial charge in [-0.1, -0.05) is 18.2 Å². The average molecular weight is 309 g/mol. The summed E-state index contributed by atoms with van der Waals surface area (Å²) in [5, 5.41) is 0.515. The molecule has 0 aliphatic heterocycles. The summed E-state index contributed by atoms with van der Waals surface area (Å²) in [6.07, 6.45) is -0.154. The minimum atomic E-state index is -0.953. The highest BCUT2D eigenvalue weighted by molar-refractivity contribution is 6.30. The van der Waals surface area contributed by atoms with E-state index in [1.54, 1.807) is 31.2 Å². The van der Waals surface area contributed by atoms with E-state index in [0.29, 0.717) is 10.6 Å². The van der Waals surface area contributed by atoms with E-state index in [4.69, 9.17) is 16.3 Å². The molecule has 1 atom stereocenters. The molecule has 5 heteroatoms. The van der Waals surface area contributed by atoms with Crippen molar-refractivity contribution < 1.29 is 19.1 Å². The number of rotatable bonds is 7. The summed E-state index contributed by atoms with van der Waals surface area (Å²) in [6.45, 7) is 6.74. The van der Waals surface area contributed by atoms with E-state index in [9.17, 15) is 14.4 Å². The fraction of sp³-hybridized carbons (Fsp3) is 0.312. The van der Waals surface area contributed by atoms with Gasteiger partial charge in [-0.05, 0) is 38.1 Å². The average Bonchev–Trinajstić information content (AvgIpc) is 2.44. The first-order valence-electron chi connectivity index (χ1n) is 6.52. The molecule has 4 nitrogen and oxygen atoms in total. The lowest BCUT2D eigenvalue weighted by atomic mass is 9.90. The van der Waals surface area contributed by atoms with Gasteiger partial charge in [-0.2, -0.15) is 0 Å². The normalized spacial score (nSPS) is 11.6. The number of esters is 1. The van der Waals surface area contributed by atoms with E-state index < -0.39 is 11.9 Å². The smallest absolute Gasteiger partial charge is 0.313 e. The van der Waals surface area contributed by atoms with E-state index in [-0.39, 0.29) is 30.2 Å². The second-order valence-corrected chi connectivity index (χ2v) is 4.96. The van der Waals surface area contributed by atoms with Gasteiger partial charge in [-0.3, -0.25) is 14.4 Å². The van der Waals surface area contributed by atoms with Gasteiger partial charge in [0.1, 0.15) is 0 Å². The van der Waals surface area contributed by atoms with Crippen LogP contribution in [0.4, 0.5) is 0 Å². The fourth-order valence-electron chi connectivity index (χ4n) is 1.78. The van der Waals surface area contributed by atoms with E-state index in [0.717, 1.165) is 0 Å². The van der Waals surface area contributed by atoms with E-state index >= 15 is 0 Å². The largest absolute Gasteiger partial charge is 0.466 e. The maximum atomic E-state index is 12.2. The molecule has 0 fully saturated rings. The molecular weight excluding hydrogens is 292 g/mol. The van der Waals surface area contributed by atoms with Crippen LogP contribution in [0.5, 0.6) is 0 Å². The van der Waals surface area contributed by atoms with Crippen LogP contribution in [-0.4, -0.2) is 24.1 Å². The first-order chi connectivity index (χ1) is 9.86. The van der Waals surface area contributed by atoms with E-state index in [2.05, 4.69) is 6.58 Å². The van der Waals surface area contributed by atoms with Gasteiger partial charge >= 0.3 is 5.97 Å². The Morgan fingerprint density at radius 1 is 1.24 bits per heavy atom. The Bertz CT molecular complexity index is 560. The maximum Gasteiger partial charge on any atom is 0.313 e. The lowest BCUT2D eigenvalue weighted by Crippen LogP contribution is -2.25. The topological polar surface area (TPSA) is 60.4 Å². The maximum absolute atomic E-state index is 12.2. The zero-order valence-corrected chi connectivity index (χ0v) is 12.8. The third kappa shape index (κ3) is 4.83. The number of carbonyl (C=O) groups is 3. The molecule has 0 saturated heterocycles. The Labute approximate surface area is 128 Å². The molecule has 0 bridgehead atoms. The van der Waals surface area contributed by atoms with Crippen LogP contribution in [0, 0.1) is 5.92 Å². The highest BCUT2D eigenvalue weighted by Crippen LogP contribution is 2.20. The van der Waals surface area contributed by atoms with Crippen molar-refractivity contribution in [3.8, 4) is 0 Å². The quantitative estimate of drug-likeness (QED) is 0.441. The van der Waals surface area contributed by atoms with Crippen molar-refractivity contribution in [3.05, 3.63) is 47.0 Å². The molecule has 0 amide bonds. The number of hydrogen-bond donors (Lipinski definition) is 0. The van der Waals surface area contributed by atoms with Gasteiger partial charge in [0.05, 0.1) is 12.5 Å². The number of hydrogen-bond acceptors (Lipinski definition) is 4. The van der Waals surface area contributed by atoms with Crippen molar-refractivity contribution in [2.75, 3.05) is 6.61 Å². The second-order valence-electron chi connectivity index (χ2n) is 4.52. The summed E-state index contributed by atoms with van der Waals surface area (Å²) in [6, 6.07) is 6.33. The molecule has 0 N–H and O–H groups in total. The Morgan fingerprint density at radius 3 is 2.29 bits per heavy atom. The number of ether oxygens (including phenoxy) is 1. The van der Waals surface area contributed by atoms with Gasteiger partial charge in [-0.15, -0.1) is 0 Å². The molecule has 1 rings (SSSR count). The standard InChI is InChI=1S/C16H17ClO4/c1-4-21-16(20)14(10(2)11(3)18)9-15(19)12-5-7-13(17)8-6-12/h5-8,14H,2,4,9H2,1,3H3/t14-/m1/s1. The van der Waals surface area contributed by atoms with Crippen LogP contribution in [0.2, 0.25) is 5.02 Å². The molecule has 21 heavy (non-hydrogen) atoms. The molecule has 0 radical (unpaired) electrons. The SMILES string of the molecule is C=C(C(C)=O)[C@@H](CC(=O)c1ccc(Cl)cc1)C(=O)OCC. The monoisotopic (exact) mass is 308 g/mol. The summed E-state index contributed by atoms with van der Waals surface area (Å²) < 4.78 is 4.91. The van der Waals surface area contributed by atoms with E-state index in [1.165, 1.54) is 6.92 Å². The van der Waals surface area contributed by atoms with Crippen LogP contribution in [0.25, 0.3) is 0 Å². The minimum Gasteiger partial charge on any atom is -0.466 e. The van der Waals surface area contributed by atoms with Crippen molar-refractivity contribution in [2.45, 2.75) is 20.3 Å². The van der Waals surface area contributed by atoms with Crippen LogP contribution in [0.3, 0.4) is 0 Å². The Kier molecular flexibility index (Phi) is 6.31. The third-order valence-corrected chi connectivity index (χ3v) is 3.25. The molecule has 0 aromatic heterocycles. The van der Waals surface area contributed by atoms with Crippen LogP contribution in [0.15, 0.2) is 36.4 Å². The Balaban J connectivity index is 2.92. The molecule has 0 saturated carbocycles. The lowest BCUT2D eigenvalue weighted by Gasteiger charge is -2.15. The van der Waals surface area contributed by atoms with Crippen molar-refractivity contribution >= 4 is 29.1 Å². The minimum absolute atomic E-state index is 0.0794. The number of ketones is 2. The lowest BCUT2D eigenvalue weighted by molar-refractivity contribution is -0.147. The summed E-state index contributed by atoms with van der Waals surface area (Å²) in [5.41, 5.74) is 0.501. The molecule has 112 valence electrons. The highest BCUT2D eigenvalue weighted by Gasteiger charge is 2.28. The first kappa shape index (κ1) is 17.1. The van der Waals surface area contributed by atoms with Crippen molar-refractivity contribution in [1.29, 1.82) is 0 Å². The van der Waals surface area contributed by atoms with Gasteiger partial charge < -0.3 is 4.74 Å². The Morgan fingerprint density at radius 2 is 1.81 bits per heavy atom. The second kappa shape index (κ2) is 7.74. The molecular formula is C16H17ClO4. The van der Waals surface area contributed by atoms with Gasteiger partial charge in [0.25, 0.3) is 0 Å². The molecule has 0 aliphatic rings. The Hall–Kier alpha value is -1.94. The summed E-state index contributed by atoms with van der Waals surface area (Å²) >= 11 is 5.76. The van der Waals surface area contributed by atoms with Crippen molar-refractivity contribution in [3.63, 3.8) is 0 Å². The fourth-order valence-corrected chi connectivity index (χ4v) is 1.90.